The van der Waals surface area contributed by atoms with Gasteiger partial charge in [-0.2, -0.15) is 0 Å². The zero-order chi connectivity index (χ0) is 54.6. The first-order chi connectivity index (χ1) is 33.8. The fraction of sp³-hybridized carbons (Fsp3) is 0.636. The lowest BCUT2D eigenvalue weighted by Crippen LogP contribution is -2.64. The molecule has 6 amide bonds. The maximum atomic E-state index is 14.8. The number of benzene rings is 1. The highest BCUT2D eigenvalue weighted by Crippen LogP contribution is 2.30. The van der Waals surface area contributed by atoms with E-state index in [0.717, 1.165) is 42.6 Å². The molecular weight excluding hydrogens is 919 g/mol. The van der Waals surface area contributed by atoms with E-state index in [1.165, 1.54) is 60.8 Å². The Balaban J connectivity index is 2.41. The van der Waals surface area contributed by atoms with Crippen molar-refractivity contribution in [2.75, 3.05) is 41.8 Å². The Kier molecular flexibility index (Phi) is 26.0. The average Bonchev–Trinajstić information content (AvgIpc) is 3.83. The monoisotopic (exact) mass is 1010 g/mol. The van der Waals surface area contributed by atoms with Crippen LogP contribution in [0, 0.1) is 17.8 Å². The van der Waals surface area contributed by atoms with E-state index in [0.29, 0.717) is 12.8 Å². The summed E-state index contributed by atoms with van der Waals surface area (Å²) in [4.78, 5) is 119. The molecule has 1 aliphatic heterocycles. The van der Waals surface area contributed by atoms with Crippen molar-refractivity contribution in [1.29, 1.82) is 0 Å². The van der Waals surface area contributed by atoms with Crippen LogP contribution in [0.2, 0.25) is 0 Å². The van der Waals surface area contributed by atoms with Gasteiger partial charge in [-0.1, -0.05) is 102 Å². The number of amides is 6. The van der Waals surface area contributed by atoms with Gasteiger partial charge in [0.15, 0.2) is 17.6 Å². The molecule has 1 heterocycles. The first-order valence-electron chi connectivity index (χ1n) is 25.5. The summed E-state index contributed by atoms with van der Waals surface area (Å²) in [6.45, 7) is 14.1. The van der Waals surface area contributed by atoms with Gasteiger partial charge in [-0.3, -0.25) is 33.6 Å². The van der Waals surface area contributed by atoms with Gasteiger partial charge in [0.2, 0.25) is 35.4 Å². The van der Waals surface area contributed by atoms with Crippen LogP contribution in [0.1, 0.15) is 119 Å². The summed E-state index contributed by atoms with van der Waals surface area (Å²) in [5.74, 6) is -5.70. The number of nitrogens with zero attached hydrogens (tertiary/aromatic N) is 5. The number of ether oxygens (including phenoxy) is 1. The first kappa shape index (κ1) is 62.6. The first-order valence-corrected chi connectivity index (χ1v) is 25.5. The van der Waals surface area contributed by atoms with E-state index in [4.69, 9.17) is 16.2 Å². The number of aliphatic hydroxyl groups is 1. The van der Waals surface area contributed by atoms with Gasteiger partial charge in [-0.15, -0.1) is 0 Å². The van der Waals surface area contributed by atoms with E-state index in [1.807, 2.05) is 50.3 Å². The zero-order valence-electron chi connectivity index (χ0n) is 45.4. The SMILES string of the molecule is COC(CC=CC=C(C)C(=O)[C@@](C=O)(CC(N)=O)N(C)C(=O)[C@@H]1CCCN1C(=O)[C@H](C(C)C)N(C)C(=O)[C@H](C(C)C)N(C)C(=O)[C@H](Cc1ccccc1)N(C)C(=O)[C@@H](N)C(C)C)CCC=CCCCC(C)O. The van der Waals surface area contributed by atoms with Crippen molar-refractivity contribution in [1.82, 2.24) is 24.5 Å². The standard InChI is InChI=1S/C55H87N7O10/c1-36(2)46(57)52(69)58(9)44(33-41-27-19-17-20-28-41)50(67)59(10)47(37(3)4)53(70)60(11)48(38(5)6)54(71)62-32-24-31-43(62)51(68)61(12)55(35-63,34-45(56)65)49(66)39(7)25-22-23-30-42(72-13)29-21-16-14-15-18-26-40(8)64/h14,16-17,19-20,22-23,25,27-28,35-38,40,42-44,46-48,64H,15,18,21,24,26,29-34,57H2,1-13H3,(H2,56,65)/t40?,42?,43-,44-,46-,47-,48-,55-/m0/s1. The number of likely N-dealkylation sites (N-methyl/N-ethyl adjacent to an activating group) is 4. The molecule has 0 radical (unpaired) electrons. The molecule has 0 bridgehead atoms. The lowest BCUT2D eigenvalue weighted by atomic mass is 9.85. The van der Waals surface area contributed by atoms with E-state index in [2.05, 4.69) is 12.2 Å². The summed E-state index contributed by atoms with van der Waals surface area (Å²) >= 11 is 0. The number of rotatable bonds is 30. The second-order valence-electron chi connectivity index (χ2n) is 20.5. The maximum Gasteiger partial charge on any atom is 0.246 e. The predicted molar refractivity (Wildman–Crippen MR) is 280 cm³/mol. The lowest BCUT2D eigenvalue weighted by molar-refractivity contribution is -0.158. The summed E-state index contributed by atoms with van der Waals surface area (Å²) in [7, 11) is 7.40. The lowest BCUT2D eigenvalue weighted by Gasteiger charge is -2.42. The largest absolute Gasteiger partial charge is 0.393 e. The van der Waals surface area contributed by atoms with E-state index < -0.39 is 95.2 Å². The van der Waals surface area contributed by atoms with Gasteiger partial charge in [0.25, 0.3) is 0 Å². The summed E-state index contributed by atoms with van der Waals surface area (Å²) in [5.41, 5.74) is 10.5. The Morgan fingerprint density at radius 2 is 1.42 bits per heavy atom. The van der Waals surface area contributed by atoms with Gasteiger partial charge in [-0.25, -0.2) is 0 Å². The van der Waals surface area contributed by atoms with Crippen molar-refractivity contribution in [2.45, 2.75) is 168 Å². The van der Waals surface area contributed by atoms with Crippen LogP contribution < -0.4 is 11.5 Å². The maximum absolute atomic E-state index is 14.8. The summed E-state index contributed by atoms with van der Waals surface area (Å²) in [5, 5.41) is 9.44. The Labute approximate surface area is 429 Å². The van der Waals surface area contributed by atoms with Crippen LogP contribution in [-0.2, 0) is 49.5 Å². The van der Waals surface area contributed by atoms with E-state index >= 15 is 0 Å². The highest BCUT2D eigenvalue weighted by atomic mass is 16.5. The number of hydrogen-bond donors (Lipinski definition) is 3. The smallest absolute Gasteiger partial charge is 0.246 e. The average molecular weight is 1010 g/mol. The molecule has 402 valence electrons. The summed E-state index contributed by atoms with van der Waals surface area (Å²) in [6, 6.07) is 3.98. The number of nitrogens with two attached hydrogens (primary N) is 2. The van der Waals surface area contributed by atoms with Gasteiger partial charge < -0.3 is 50.6 Å². The Morgan fingerprint density at radius 1 is 0.819 bits per heavy atom. The van der Waals surface area contributed by atoms with Gasteiger partial charge in [0.05, 0.1) is 24.7 Å². The number of likely N-dealkylation sites (tertiary alicyclic amines) is 1. The van der Waals surface area contributed by atoms with Crippen molar-refractivity contribution >= 4 is 47.5 Å². The molecular formula is C55H87N7O10. The molecule has 0 aliphatic carbocycles. The quantitative estimate of drug-likeness (QED) is 0.0240. The van der Waals surface area contributed by atoms with Gasteiger partial charge in [0.1, 0.15) is 24.2 Å². The fourth-order valence-electron chi connectivity index (χ4n) is 9.32. The molecule has 17 heteroatoms. The van der Waals surface area contributed by atoms with Crippen LogP contribution >= 0.6 is 0 Å². The number of ketones is 1. The minimum atomic E-state index is -2.33. The molecule has 17 nitrogen and oxygen atoms in total. The second kappa shape index (κ2) is 29.9. The van der Waals surface area contributed by atoms with Crippen LogP contribution in [0.15, 0.2) is 66.3 Å². The molecule has 1 saturated heterocycles. The molecule has 0 aromatic heterocycles. The number of hydrogen-bond acceptors (Lipinski definition) is 11. The van der Waals surface area contributed by atoms with Crippen LogP contribution in [0.25, 0.3) is 0 Å². The van der Waals surface area contributed by atoms with E-state index in [9.17, 15) is 43.5 Å². The number of primary amides is 1. The third kappa shape index (κ3) is 17.0. The van der Waals surface area contributed by atoms with Crippen molar-refractivity contribution in [2.24, 2.45) is 29.2 Å². The molecule has 1 aliphatic rings. The molecule has 1 aromatic carbocycles. The number of carbonyl (C=O) groups excluding carboxylic acids is 8. The van der Waals surface area contributed by atoms with Crippen LogP contribution in [0.3, 0.4) is 0 Å². The molecule has 1 aromatic rings. The zero-order valence-corrected chi connectivity index (χ0v) is 45.4. The number of unbranched alkanes of at least 4 members (excludes halogenated alkanes) is 1. The van der Waals surface area contributed by atoms with Crippen LogP contribution in [-0.4, -0.2) is 167 Å². The number of methoxy groups -OCH3 is 1. The van der Waals surface area contributed by atoms with Crippen molar-refractivity contribution < 1.29 is 48.2 Å². The summed E-state index contributed by atoms with van der Waals surface area (Å²) in [6.07, 6.45) is 13.5. The second-order valence-corrected chi connectivity index (χ2v) is 20.5. The topological polar surface area (TPSA) is 234 Å². The Morgan fingerprint density at radius 3 is 1.96 bits per heavy atom. The van der Waals surface area contributed by atoms with E-state index in [1.54, 1.807) is 47.8 Å². The fourth-order valence-corrected chi connectivity index (χ4v) is 9.32. The number of aliphatic hydroxyl groups excluding tert-OH is 1. The molecule has 0 spiro atoms. The molecule has 2 rings (SSSR count). The van der Waals surface area contributed by atoms with Gasteiger partial charge >= 0.3 is 0 Å². The molecule has 2 unspecified atom stereocenters. The molecule has 72 heavy (non-hydrogen) atoms. The van der Waals surface area contributed by atoms with E-state index in [-0.39, 0.29) is 49.4 Å². The molecule has 8 atom stereocenters. The van der Waals surface area contributed by atoms with Crippen LogP contribution in [0.5, 0.6) is 0 Å². The van der Waals surface area contributed by atoms with Crippen LogP contribution in [0.4, 0.5) is 0 Å². The molecule has 5 N–H and O–H groups in total. The highest BCUT2D eigenvalue weighted by Gasteiger charge is 2.51. The Bertz CT molecular complexity index is 2070. The van der Waals surface area contributed by atoms with Crippen molar-refractivity contribution in [3.8, 4) is 0 Å². The van der Waals surface area contributed by atoms with Gasteiger partial charge in [-0.05, 0) is 94.1 Å². The third-order valence-electron chi connectivity index (χ3n) is 13.8. The number of allylic oxidation sites excluding steroid dienone is 4. The third-order valence-corrected chi connectivity index (χ3v) is 13.8. The van der Waals surface area contributed by atoms with Crippen molar-refractivity contribution in [3.63, 3.8) is 0 Å². The highest BCUT2D eigenvalue weighted by molar-refractivity contribution is 6.16. The predicted octanol–water partition coefficient (Wildman–Crippen LogP) is 4.63. The minimum absolute atomic E-state index is 0.0830. The number of aldehydes is 1. The number of Topliss-reactive ketones (excluding diaryl/α,β-unsaturated/α-hetero) is 1. The normalized spacial score (nSPS) is 17.6. The molecule has 1 fully saturated rings. The van der Waals surface area contributed by atoms with Crippen molar-refractivity contribution in [3.05, 3.63) is 71.8 Å². The number of carbonyl (C=O) groups is 8. The minimum Gasteiger partial charge on any atom is -0.393 e. The van der Waals surface area contributed by atoms with Gasteiger partial charge in [0, 0.05) is 48.3 Å². The molecule has 0 saturated carbocycles. The summed E-state index contributed by atoms with van der Waals surface area (Å²) < 4.78 is 5.63. The Hall–Kier alpha value is -5.52.